The predicted octanol–water partition coefficient (Wildman–Crippen LogP) is 3.04. The van der Waals surface area contributed by atoms with Gasteiger partial charge in [0.05, 0.1) is 18.0 Å². The third-order valence-electron chi connectivity index (χ3n) is 4.01. The number of halogens is 1. The second-order valence-corrected chi connectivity index (χ2v) is 9.12. The molecule has 0 bridgehead atoms. The molecule has 0 atom stereocenters. The van der Waals surface area contributed by atoms with Gasteiger partial charge >= 0.3 is 0 Å². The van der Waals surface area contributed by atoms with Crippen LogP contribution in [0.5, 0.6) is 0 Å². The molecule has 0 N–H and O–H groups in total. The number of likely N-dealkylation sites (N-methyl/N-ethyl adjacent to an activating group) is 1. The smallest absolute Gasteiger partial charge is 0.243 e. The van der Waals surface area contributed by atoms with Crippen molar-refractivity contribution in [2.75, 3.05) is 20.1 Å². The standard InChI is InChI=1S/C20H21BrN2O3S/c1-4-13-23(14-17-7-5-16(2)6-8-17)20(24)15-22(3)27(25,26)19-11-9-18(21)10-12-19/h1,5-12H,13-15H2,2-3H3. The first kappa shape index (κ1) is 21.2. The Labute approximate surface area is 169 Å². The van der Waals surface area contributed by atoms with Gasteiger partial charge in [-0.15, -0.1) is 6.42 Å². The highest BCUT2D eigenvalue weighted by molar-refractivity contribution is 9.10. The van der Waals surface area contributed by atoms with Crippen LogP contribution in [0.15, 0.2) is 57.9 Å². The molecule has 5 nitrogen and oxygen atoms in total. The topological polar surface area (TPSA) is 57.7 Å². The molecule has 0 aromatic heterocycles. The Morgan fingerprint density at radius 3 is 2.26 bits per heavy atom. The molecule has 2 aromatic carbocycles. The second kappa shape index (κ2) is 9.18. The van der Waals surface area contributed by atoms with E-state index in [1.54, 1.807) is 12.1 Å². The molecular formula is C20H21BrN2O3S. The van der Waals surface area contributed by atoms with Crippen LogP contribution < -0.4 is 0 Å². The summed E-state index contributed by atoms with van der Waals surface area (Å²) in [6.07, 6.45) is 5.39. The Morgan fingerprint density at radius 2 is 1.70 bits per heavy atom. The summed E-state index contributed by atoms with van der Waals surface area (Å²) >= 11 is 3.27. The van der Waals surface area contributed by atoms with Gasteiger partial charge in [0.2, 0.25) is 15.9 Å². The summed E-state index contributed by atoms with van der Waals surface area (Å²) in [5.41, 5.74) is 2.05. The maximum atomic E-state index is 12.7. The third-order valence-corrected chi connectivity index (χ3v) is 6.35. The van der Waals surface area contributed by atoms with Crippen molar-refractivity contribution in [1.82, 2.24) is 9.21 Å². The van der Waals surface area contributed by atoms with Gasteiger partial charge in [0, 0.05) is 18.1 Å². The fraction of sp³-hybridized carbons (Fsp3) is 0.250. The minimum Gasteiger partial charge on any atom is -0.326 e. The number of carbonyl (C=O) groups excluding carboxylic acids is 1. The summed E-state index contributed by atoms with van der Waals surface area (Å²) in [6.45, 7) is 2.14. The molecule has 7 heteroatoms. The highest BCUT2D eigenvalue weighted by atomic mass is 79.9. The molecule has 142 valence electrons. The largest absolute Gasteiger partial charge is 0.326 e. The molecule has 0 fully saturated rings. The van der Waals surface area contributed by atoms with E-state index in [0.29, 0.717) is 6.54 Å². The molecule has 0 spiro atoms. The van der Waals surface area contributed by atoms with Crippen LogP contribution in [0.3, 0.4) is 0 Å². The number of hydrogen-bond donors (Lipinski definition) is 0. The van der Waals surface area contributed by atoms with E-state index in [4.69, 9.17) is 6.42 Å². The quantitative estimate of drug-likeness (QED) is 0.611. The molecule has 2 rings (SSSR count). The lowest BCUT2D eigenvalue weighted by atomic mass is 10.1. The third kappa shape index (κ3) is 5.67. The van der Waals surface area contributed by atoms with Crippen LogP contribution in [-0.2, 0) is 21.4 Å². The maximum Gasteiger partial charge on any atom is 0.243 e. The first-order chi connectivity index (χ1) is 12.7. The number of sulfonamides is 1. The average Bonchev–Trinajstić information content (AvgIpc) is 2.63. The van der Waals surface area contributed by atoms with Crippen molar-refractivity contribution < 1.29 is 13.2 Å². The second-order valence-electron chi connectivity index (χ2n) is 6.15. The van der Waals surface area contributed by atoms with E-state index in [-0.39, 0.29) is 23.9 Å². The van der Waals surface area contributed by atoms with Gasteiger partial charge in [-0.3, -0.25) is 4.79 Å². The van der Waals surface area contributed by atoms with E-state index in [2.05, 4.69) is 21.9 Å². The fourth-order valence-corrected chi connectivity index (χ4v) is 3.80. The minimum absolute atomic E-state index is 0.110. The number of hydrogen-bond acceptors (Lipinski definition) is 3. The number of rotatable bonds is 7. The molecule has 0 aliphatic rings. The van der Waals surface area contributed by atoms with Gasteiger partial charge in [-0.05, 0) is 36.8 Å². The first-order valence-corrected chi connectivity index (χ1v) is 10.5. The van der Waals surface area contributed by atoms with Crippen molar-refractivity contribution in [2.24, 2.45) is 0 Å². The molecule has 1 amide bonds. The zero-order valence-electron chi connectivity index (χ0n) is 15.2. The summed E-state index contributed by atoms with van der Waals surface area (Å²) in [5.74, 6) is 2.11. The average molecular weight is 449 g/mol. The van der Waals surface area contributed by atoms with Gasteiger partial charge in [0.25, 0.3) is 0 Å². The van der Waals surface area contributed by atoms with Crippen molar-refractivity contribution in [2.45, 2.75) is 18.4 Å². The molecule has 0 saturated heterocycles. The summed E-state index contributed by atoms with van der Waals surface area (Å²) in [6, 6.07) is 14.0. The van der Waals surface area contributed by atoms with Gasteiger partial charge in [-0.25, -0.2) is 8.42 Å². The molecule has 0 unspecified atom stereocenters. The van der Waals surface area contributed by atoms with Gasteiger partial charge in [-0.2, -0.15) is 4.31 Å². The van der Waals surface area contributed by atoms with Gasteiger partial charge in [-0.1, -0.05) is 51.7 Å². The molecule has 0 aliphatic carbocycles. The van der Waals surface area contributed by atoms with Crippen LogP contribution >= 0.6 is 15.9 Å². The lowest BCUT2D eigenvalue weighted by molar-refractivity contribution is -0.131. The number of terminal acetylenes is 1. The highest BCUT2D eigenvalue weighted by Crippen LogP contribution is 2.18. The van der Waals surface area contributed by atoms with Gasteiger partial charge < -0.3 is 4.90 Å². The van der Waals surface area contributed by atoms with Crippen molar-refractivity contribution in [3.8, 4) is 12.3 Å². The monoisotopic (exact) mass is 448 g/mol. The summed E-state index contributed by atoms with van der Waals surface area (Å²) in [5, 5.41) is 0. The summed E-state index contributed by atoms with van der Waals surface area (Å²) in [4.78, 5) is 14.3. The van der Waals surface area contributed by atoms with E-state index in [1.807, 2.05) is 31.2 Å². The number of nitrogens with zero attached hydrogens (tertiary/aromatic N) is 2. The molecular weight excluding hydrogens is 428 g/mol. The van der Waals surface area contributed by atoms with E-state index >= 15 is 0 Å². The van der Waals surface area contributed by atoms with E-state index in [1.165, 1.54) is 24.1 Å². The van der Waals surface area contributed by atoms with E-state index in [0.717, 1.165) is 19.9 Å². The summed E-state index contributed by atoms with van der Waals surface area (Å²) in [7, 11) is -2.38. The van der Waals surface area contributed by atoms with Crippen LogP contribution in [-0.4, -0.2) is 43.7 Å². The fourth-order valence-electron chi connectivity index (χ4n) is 2.42. The lowest BCUT2D eigenvalue weighted by Gasteiger charge is -2.24. The van der Waals surface area contributed by atoms with Crippen molar-refractivity contribution >= 4 is 31.9 Å². The van der Waals surface area contributed by atoms with Crippen molar-refractivity contribution in [3.05, 3.63) is 64.1 Å². The number of amides is 1. The van der Waals surface area contributed by atoms with E-state index < -0.39 is 10.0 Å². The van der Waals surface area contributed by atoms with Crippen molar-refractivity contribution in [3.63, 3.8) is 0 Å². The van der Waals surface area contributed by atoms with E-state index in [9.17, 15) is 13.2 Å². The van der Waals surface area contributed by atoms with Crippen LogP contribution in [0.1, 0.15) is 11.1 Å². The molecule has 0 aliphatic heterocycles. The van der Waals surface area contributed by atoms with Crippen LogP contribution in [0.25, 0.3) is 0 Å². The molecule has 0 heterocycles. The molecule has 27 heavy (non-hydrogen) atoms. The Bertz CT molecular complexity index is 933. The molecule has 2 aromatic rings. The molecule has 0 saturated carbocycles. The summed E-state index contributed by atoms with van der Waals surface area (Å²) < 4.78 is 27.1. The Kier molecular flexibility index (Phi) is 7.19. The number of benzene rings is 2. The minimum atomic E-state index is -3.76. The van der Waals surface area contributed by atoms with Gasteiger partial charge in [0.15, 0.2) is 0 Å². The number of carbonyl (C=O) groups is 1. The Hall–Kier alpha value is -2.14. The van der Waals surface area contributed by atoms with Crippen molar-refractivity contribution in [1.29, 1.82) is 0 Å². The van der Waals surface area contributed by atoms with Crippen LogP contribution in [0.2, 0.25) is 0 Å². The van der Waals surface area contributed by atoms with Crippen LogP contribution in [0.4, 0.5) is 0 Å². The highest BCUT2D eigenvalue weighted by Gasteiger charge is 2.25. The zero-order chi connectivity index (χ0) is 20.0. The number of aryl methyl sites for hydroxylation is 1. The Morgan fingerprint density at radius 1 is 1.11 bits per heavy atom. The Balaban J connectivity index is 2.12. The van der Waals surface area contributed by atoms with Gasteiger partial charge in [0.1, 0.15) is 0 Å². The normalized spacial score (nSPS) is 11.2. The maximum absolute atomic E-state index is 12.7. The first-order valence-electron chi connectivity index (χ1n) is 8.22. The van der Waals surface area contributed by atoms with Crippen LogP contribution in [0, 0.1) is 19.3 Å². The molecule has 0 radical (unpaired) electrons. The predicted molar refractivity (Wildman–Crippen MR) is 109 cm³/mol. The SMILES string of the molecule is C#CCN(Cc1ccc(C)cc1)C(=O)CN(C)S(=O)(=O)c1ccc(Br)cc1. The lowest BCUT2D eigenvalue weighted by Crippen LogP contribution is -2.41. The zero-order valence-corrected chi connectivity index (χ0v) is 17.6.